The number of rotatable bonds is 1. The van der Waals surface area contributed by atoms with Gasteiger partial charge in [0.15, 0.2) is 0 Å². The fourth-order valence-electron chi connectivity index (χ4n) is 0. The van der Waals surface area contributed by atoms with Gasteiger partial charge in [0.2, 0.25) is 0 Å². The molecule has 0 saturated heterocycles. The Bertz CT molecular complexity index is 20.9. The van der Waals surface area contributed by atoms with Crippen molar-refractivity contribution in [2.45, 2.75) is 5.09 Å². The zero-order valence-corrected chi connectivity index (χ0v) is 3.70. The molecule has 26 valence electrons. The second-order valence-electron chi connectivity index (χ2n) is 0.697. The van der Waals surface area contributed by atoms with Gasteiger partial charge in [0.05, 0.1) is 0 Å². The normalized spacial score (nSPS) is 5.20. The molecule has 0 radical (unpaired) electrons. The fraction of sp³-hybridized carbons (Fsp3) is 0.333. The number of allylic oxidation sites excluding steroid dienone is 1. The van der Waals surface area contributed by atoms with Gasteiger partial charge in [0.25, 0.3) is 0 Å². The van der Waals surface area contributed by atoms with Crippen LogP contribution >= 0.6 is 0 Å². The molecule has 0 saturated carbocycles. The first-order valence-electron chi connectivity index (χ1n) is 1.52. The Balaban J connectivity index is 0. The van der Waals surface area contributed by atoms with E-state index >= 15 is 0 Å². The molecule has 3 N–H and O–H groups in total. The molecule has 0 rings (SSSR count). The number of hydrogen-bond donors (Lipinski definition) is 1. The third-order valence-corrected chi connectivity index (χ3v) is 0.289. The van der Waals surface area contributed by atoms with Crippen LogP contribution in [0.5, 0.6) is 0 Å². The zero-order chi connectivity index (χ0) is 3.41. The predicted octanol–water partition coefficient (Wildman–Crippen LogP) is 0.921. The Labute approximate surface area is 42.2 Å². The summed E-state index contributed by atoms with van der Waals surface area (Å²) in [7, 11) is 0. The Morgan fingerprint density at radius 2 is 2.00 bits per heavy atom. The van der Waals surface area contributed by atoms with E-state index in [1.54, 1.807) is 0 Å². The minimum atomic E-state index is 0. The molecular weight excluding hydrogens is 57.0 g/mol. The fourth-order valence-corrected chi connectivity index (χ4v) is 0. The van der Waals surface area contributed by atoms with Crippen molar-refractivity contribution < 1.29 is 0 Å². The van der Waals surface area contributed by atoms with Gasteiger partial charge < -0.3 is 6.15 Å². The van der Waals surface area contributed by atoms with E-state index in [0.717, 1.165) is 5.09 Å². The van der Waals surface area contributed by atoms with Crippen LogP contribution in [-0.2, 0) is 0 Å². The molecule has 0 bridgehead atoms. The predicted molar refractivity (Wildman–Crippen MR) is 25.8 cm³/mol. The second kappa shape index (κ2) is 8.85. The van der Waals surface area contributed by atoms with Crippen LogP contribution in [0.25, 0.3) is 0 Å². The van der Waals surface area contributed by atoms with Crippen molar-refractivity contribution in [2.24, 2.45) is 0 Å². The minimum absolute atomic E-state index is 0. The summed E-state index contributed by atoms with van der Waals surface area (Å²) in [6.07, 6.45) is 1.88. The van der Waals surface area contributed by atoms with Crippen LogP contribution in [-0.4, -0.2) is 17.7 Å². The van der Waals surface area contributed by atoms with E-state index in [4.69, 9.17) is 0 Å². The summed E-state index contributed by atoms with van der Waals surface area (Å²) >= 11 is 2.06. The first-order valence-corrected chi connectivity index (χ1v) is 1.52. The standard InChI is InChI=1S/C3H5.Li.H3N/c1-3-2;;/h3H,1-2H2;;1H3. The van der Waals surface area contributed by atoms with Crippen molar-refractivity contribution >= 4 is 17.7 Å². The molecule has 0 atom stereocenters. The Hall–Kier alpha value is 0.297. The molecule has 0 amide bonds. The maximum atomic E-state index is 3.48. The number of hydrogen-bond acceptors (Lipinski definition) is 1. The average Bonchev–Trinajstić information content (AvgIpc) is 1.37. The monoisotopic (exact) mass is 65.1 g/mol. The van der Waals surface area contributed by atoms with Crippen LogP contribution < -0.4 is 6.15 Å². The van der Waals surface area contributed by atoms with Crippen molar-refractivity contribution in [1.82, 2.24) is 6.15 Å². The van der Waals surface area contributed by atoms with Crippen molar-refractivity contribution in [3.63, 3.8) is 0 Å². The molecule has 0 aliphatic carbocycles. The molecule has 0 aromatic carbocycles. The van der Waals surface area contributed by atoms with Gasteiger partial charge in [-0.2, -0.15) is 0 Å². The third-order valence-electron chi connectivity index (χ3n) is 0.289. The van der Waals surface area contributed by atoms with Gasteiger partial charge in [-0.05, 0) is 0 Å². The molecule has 0 aromatic heterocycles. The second-order valence-corrected chi connectivity index (χ2v) is 0.697. The molecule has 5 heavy (non-hydrogen) atoms. The summed E-state index contributed by atoms with van der Waals surface area (Å²) in [5.74, 6) is 0. The molecule has 1 nitrogen and oxygen atoms in total. The van der Waals surface area contributed by atoms with Gasteiger partial charge in [-0.15, -0.1) is 0 Å². The zero-order valence-electron chi connectivity index (χ0n) is 3.70. The third kappa shape index (κ3) is 13.5. The topological polar surface area (TPSA) is 35.0 Å². The van der Waals surface area contributed by atoms with E-state index in [1.165, 1.54) is 0 Å². The summed E-state index contributed by atoms with van der Waals surface area (Å²) in [6, 6.07) is 0. The van der Waals surface area contributed by atoms with Crippen LogP contribution in [0.15, 0.2) is 12.7 Å². The molecule has 0 aliphatic rings. The van der Waals surface area contributed by atoms with Gasteiger partial charge in [-0.25, -0.2) is 0 Å². The van der Waals surface area contributed by atoms with Gasteiger partial charge in [-0.1, -0.05) is 0 Å². The molecule has 0 spiro atoms. The van der Waals surface area contributed by atoms with Crippen LogP contribution in [0.2, 0.25) is 5.09 Å². The summed E-state index contributed by atoms with van der Waals surface area (Å²) < 4.78 is 0. The van der Waals surface area contributed by atoms with E-state index in [9.17, 15) is 0 Å². The van der Waals surface area contributed by atoms with Crippen LogP contribution in [0.4, 0.5) is 0 Å². The van der Waals surface area contributed by atoms with E-state index in [0.29, 0.717) is 0 Å². The molecule has 0 unspecified atom stereocenters. The van der Waals surface area contributed by atoms with Gasteiger partial charge in [-0.3, -0.25) is 0 Å². The Kier molecular flexibility index (Phi) is 15.9. The Morgan fingerprint density at radius 1 is 1.80 bits per heavy atom. The van der Waals surface area contributed by atoms with E-state index in [-0.39, 0.29) is 6.15 Å². The van der Waals surface area contributed by atoms with E-state index < -0.39 is 0 Å². The van der Waals surface area contributed by atoms with Crippen molar-refractivity contribution in [3.8, 4) is 0 Å². The van der Waals surface area contributed by atoms with Gasteiger partial charge in [0.1, 0.15) is 0 Å². The average molecular weight is 65.0 g/mol. The van der Waals surface area contributed by atoms with Crippen LogP contribution in [0.1, 0.15) is 0 Å². The Morgan fingerprint density at radius 3 is 2.00 bits per heavy atom. The summed E-state index contributed by atoms with van der Waals surface area (Å²) in [5, 5.41) is 1.08. The first kappa shape index (κ1) is 9.00. The van der Waals surface area contributed by atoms with Gasteiger partial charge in [0, 0.05) is 0 Å². The SMILES string of the molecule is N.[Li][CH2]C=C. The molecule has 0 heterocycles. The molecule has 0 aliphatic heterocycles. The van der Waals surface area contributed by atoms with Crippen LogP contribution in [0, 0.1) is 0 Å². The summed E-state index contributed by atoms with van der Waals surface area (Å²) in [5.41, 5.74) is 0. The molecule has 0 fully saturated rings. The van der Waals surface area contributed by atoms with E-state index in [2.05, 4.69) is 24.3 Å². The van der Waals surface area contributed by atoms with E-state index in [1.807, 2.05) is 6.08 Å². The molecule has 2 heteroatoms. The quantitative estimate of drug-likeness (QED) is 0.358. The van der Waals surface area contributed by atoms with Crippen molar-refractivity contribution in [3.05, 3.63) is 12.7 Å². The molecule has 0 aromatic rings. The summed E-state index contributed by atoms with van der Waals surface area (Å²) in [6.45, 7) is 3.48. The first-order chi connectivity index (χ1) is 1.91. The van der Waals surface area contributed by atoms with Crippen molar-refractivity contribution in [1.29, 1.82) is 0 Å². The van der Waals surface area contributed by atoms with Crippen LogP contribution in [0.3, 0.4) is 0 Å². The maximum absolute atomic E-state index is 3.48. The van der Waals surface area contributed by atoms with Crippen molar-refractivity contribution in [2.75, 3.05) is 0 Å². The molecular formula is C3H8LiN. The summed E-state index contributed by atoms with van der Waals surface area (Å²) in [4.78, 5) is 0. The van der Waals surface area contributed by atoms with Gasteiger partial charge >= 0.3 is 35.5 Å².